The molecule has 0 spiro atoms. The zero-order valence-electron chi connectivity index (χ0n) is 14.5. The molecule has 0 saturated heterocycles. The number of nitrogens with zero attached hydrogens (tertiary/aromatic N) is 4. The van der Waals surface area contributed by atoms with Crippen LogP contribution in [0.2, 0.25) is 0 Å². The molecule has 0 aliphatic carbocycles. The van der Waals surface area contributed by atoms with Gasteiger partial charge >= 0.3 is 0 Å². The fraction of sp³-hybridized carbons (Fsp3) is 0. The van der Waals surface area contributed by atoms with Gasteiger partial charge < -0.3 is 9.62 Å². The van der Waals surface area contributed by atoms with Crippen molar-refractivity contribution in [1.29, 1.82) is 0 Å². The number of rotatable bonds is 5. The van der Waals surface area contributed by atoms with Gasteiger partial charge in [-0.2, -0.15) is 5.10 Å². The van der Waals surface area contributed by atoms with Gasteiger partial charge in [0.2, 0.25) is 0 Å². The molecule has 2 aromatic heterocycles. The van der Waals surface area contributed by atoms with Crippen molar-refractivity contribution in [2.24, 2.45) is 5.16 Å². The number of nitro groups is 1. The molecule has 1 N–H and O–H groups in total. The first kappa shape index (κ1) is 17.2. The van der Waals surface area contributed by atoms with Crippen molar-refractivity contribution in [3.05, 3.63) is 88.6 Å². The highest BCUT2D eigenvalue weighted by Gasteiger charge is 2.16. The van der Waals surface area contributed by atoms with Crippen LogP contribution in [-0.2, 0) is 0 Å². The van der Waals surface area contributed by atoms with Crippen molar-refractivity contribution in [3.8, 4) is 28.5 Å². The molecular formula is C20H14N4O4. The molecule has 0 unspecified atom stereocenters. The second-order valence-electron chi connectivity index (χ2n) is 5.93. The fourth-order valence-electron chi connectivity index (χ4n) is 2.82. The summed E-state index contributed by atoms with van der Waals surface area (Å²) in [4.78, 5) is 10.3. The van der Waals surface area contributed by atoms with Gasteiger partial charge in [0.1, 0.15) is 11.5 Å². The van der Waals surface area contributed by atoms with Crippen molar-refractivity contribution in [3.63, 3.8) is 0 Å². The molecule has 0 amide bonds. The molecule has 138 valence electrons. The molecule has 2 heterocycles. The smallest absolute Gasteiger partial charge is 0.269 e. The molecule has 0 bridgehead atoms. The first-order valence-corrected chi connectivity index (χ1v) is 8.33. The molecule has 8 heteroatoms. The van der Waals surface area contributed by atoms with E-state index in [2.05, 4.69) is 10.3 Å². The zero-order chi connectivity index (χ0) is 19.5. The molecule has 8 nitrogen and oxygen atoms in total. The minimum Gasteiger partial charge on any atom is -0.454 e. The Morgan fingerprint density at radius 2 is 1.75 bits per heavy atom. The van der Waals surface area contributed by atoms with E-state index in [9.17, 15) is 10.1 Å². The van der Waals surface area contributed by atoms with Gasteiger partial charge in [0.15, 0.2) is 5.76 Å². The lowest BCUT2D eigenvalue weighted by atomic mass is 10.1. The highest BCUT2D eigenvalue weighted by Crippen LogP contribution is 2.30. The van der Waals surface area contributed by atoms with Crippen LogP contribution in [0.4, 0.5) is 5.69 Å². The fourth-order valence-corrected chi connectivity index (χ4v) is 2.82. The average molecular weight is 374 g/mol. The zero-order valence-corrected chi connectivity index (χ0v) is 14.5. The van der Waals surface area contributed by atoms with Crippen LogP contribution in [0.5, 0.6) is 0 Å². The van der Waals surface area contributed by atoms with Gasteiger partial charge in [-0.05, 0) is 36.4 Å². The molecule has 0 aliphatic heterocycles. The summed E-state index contributed by atoms with van der Waals surface area (Å²) in [6.45, 7) is 0. The number of non-ortho nitro benzene ring substituents is 1. The maximum atomic E-state index is 10.8. The Morgan fingerprint density at radius 1 is 1.04 bits per heavy atom. The third-order valence-electron chi connectivity index (χ3n) is 4.16. The van der Waals surface area contributed by atoms with E-state index < -0.39 is 4.92 Å². The van der Waals surface area contributed by atoms with Gasteiger partial charge in [-0.15, -0.1) is 0 Å². The molecule has 0 saturated carbocycles. The van der Waals surface area contributed by atoms with Gasteiger partial charge in [0.25, 0.3) is 5.69 Å². The van der Waals surface area contributed by atoms with Crippen molar-refractivity contribution in [2.75, 3.05) is 0 Å². The predicted octanol–water partition coefficient (Wildman–Crippen LogP) is 4.52. The summed E-state index contributed by atoms with van der Waals surface area (Å²) in [7, 11) is 0. The Kier molecular flexibility index (Phi) is 4.43. The Bertz CT molecular complexity index is 1140. The van der Waals surface area contributed by atoms with E-state index in [1.54, 1.807) is 35.1 Å². The maximum absolute atomic E-state index is 10.8. The van der Waals surface area contributed by atoms with Gasteiger partial charge in [-0.3, -0.25) is 10.1 Å². The molecule has 4 aromatic rings. The quantitative estimate of drug-likeness (QED) is 0.239. The predicted molar refractivity (Wildman–Crippen MR) is 103 cm³/mol. The van der Waals surface area contributed by atoms with E-state index in [-0.39, 0.29) is 5.69 Å². The van der Waals surface area contributed by atoms with Crippen LogP contribution in [0.25, 0.3) is 28.5 Å². The van der Waals surface area contributed by atoms with Gasteiger partial charge in [-0.25, -0.2) is 4.68 Å². The Balaban J connectivity index is 1.71. The molecule has 0 atom stereocenters. The number of oxime groups is 1. The summed E-state index contributed by atoms with van der Waals surface area (Å²) in [6, 6.07) is 19.1. The Morgan fingerprint density at radius 3 is 2.43 bits per heavy atom. The number of benzene rings is 2. The van der Waals surface area contributed by atoms with Crippen LogP contribution in [0, 0.1) is 10.1 Å². The number of aromatic nitrogens is 2. The lowest BCUT2D eigenvalue weighted by Crippen LogP contribution is -1.93. The molecule has 0 radical (unpaired) electrons. The molecule has 0 fully saturated rings. The van der Waals surface area contributed by atoms with Crippen molar-refractivity contribution in [2.45, 2.75) is 0 Å². The van der Waals surface area contributed by atoms with Crippen LogP contribution in [0.1, 0.15) is 5.56 Å². The first-order chi connectivity index (χ1) is 13.7. The SMILES string of the molecule is O=[N+]([O-])c1ccc(-c2ccc(-c3nn(-c4ccccc4)cc3C=NO)o2)cc1. The molecule has 4 rings (SSSR count). The summed E-state index contributed by atoms with van der Waals surface area (Å²) < 4.78 is 7.57. The molecular weight excluding hydrogens is 360 g/mol. The van der Waals surface area contributed by atoms with E-state index in [0.717, 1.165) is 5.69 Å². The lowest BCUT2D eigenvalue weighted by molar-refractivity contribution is -0.384. The van der Waals surface area contributed by atoms with E-state index in [4.69, 9.17) is 9.62 Å². The Labute approximate surface area is 159 Å². The van der Waals surface area contributed by atoms with Gasteiger partial charge in [0.05, 0.1) is 16.8 Å². The summed E-state index contributed by atoms with van der Waals surface area (Å²) >= 11 is 0. The van der Waals surface area contributed by atoms with Crippen molar-refractivity contribution in [1.82, 2.24) is 9.78 Å². The minimum absolute atomic E-state index is 0.0126. The normalized spacial score (nSPS) is 11.1. The second-order valence-corrected chi connectivity index (χ2v) is 5.93. The first-order valence-electron chi connectivity index (χ1n) is 8.33. The third kappa shape index (κ3) is 3.26. The number of nitro benzene ring substituents is 1. The van der Waals surface area contributed by atoms with Crippen LogP contribution < -0.4 is 0 Å². The standard InChI is InChI=1S/C20H14N4O4/c25-21-12-15-13-23(16-4-2-1-3-5-16)22-20(15)19-11-10-18(28-19)14-6-8-17(9-7-14)24(26)27/h1-13,25H. The second kappa shape index (κ2) is 7.20. The van der Waals surface area contributed by atoms with Crippen molar-refractivity contribution >= 4 is 11.9 Å². The van der Waals surface area contributed by atoms with E-state index in [0.29, 0.717) is 28.3 Å². The van der Waals surface area contributed by atoms with E-state index in [1.165, 1.54) is 18.3 Å². The van der Waals surface area contributed by atoms with Gasteiger partial charge in [-0.1, -0.05) is 23.4 Å². The topological polar surface area (TPSA) is 107 Å². The minimum atomic E-state index is -0.450. The lowest BCUT2D eigenvalue weighted by Gasteiger charge is -1.99. The van der Waals surface area contributed by atoms with E-state index >= 15 is 0 Å². The summed E-state index contributed by atoms with van der Waals surface area (Å²) in [5, 5.41) is 27.4. The number of para-hydroxylation sites is 1. The maximum Gasteiger partial charge on any atom is 0.269 e. The number of hydrogen-bond donors (Lipinski definition) is 1. The largest absolute Gasteiger partial charge is 0.454 e. The summed E-state index contributed by atoms with van der Waals surface area (Å²) in [5.41, 5.74) is 2.66. The van der Waals surface area contributed by atoms with Crippen LogP contribution in [0.3, 0.4) is 0 Å². The highest BCUT2D eigenvalue weighted by molar-refractivity contribution is 5.87. The summed E-state index contributed by atoms with van der Waals surface area (Å²) in [6.07, 6.45) is 3.02. The highest BCUT2D eigenvalue weighted by atomic mass is 16.6. The van der Waals surface area contributed by atoms with Gasteiger partial charge in [0, 0.05) is 29.5 Å². The molecule has 2 aromatic carbocycles. The average Bonchev–Trinajstić information content (AvgIpc) is 3.36. The monoisotopic (exact) mass is 374 g/mol. The third-order valence-corrected chi connectivity index (χ3v) is 4.16. The van der Waals surface area contributed by atoms with E-state index in [1.807, 2.05) is 30.3 Å². The van der Waals surface area contributed by atoms with Crippen LogP contribution in [0.15, 0.2) is 82.5 Å². The van der Waals surface area contributed by atoms with Crippen molar-refractivity contribution < 1.29 is 14.5 Å². The van der Waals surface area contributed by atoms with Crippen LogP contribution >= 0.6 is 0 Å². The number of hydrogen-bond acceptors (Lipinski definition) is 6. The Hall–Kier alpha value is -4.20. The molecule has 0 aliphatic rings. The molecule has 28 heavy (non-hydrogen) atoms. The van der Waals surface area contributed by atoms with Crippen LogP contribution in [-0.4, -0.2) is 26.1 Å². The number of furan rings is 1. The summed E-state index contributed by atoms with van der Waals surface area (Å²) in [5.74, 6) is 1.03.